The van der Waals surface area contributed by atoms with Gasteiger partial charge in [-0.3, -0.25) is 5.10 Å². The fraction of sp³-hybridized carbons (Fsp3) is 0.286. The Morgan fingerprint density at radius 3 is 2.86 bits per heavy atom. The molecule has 0 aliphatic heterocycles. The number of carbonyl (C=O) groups is 1. The highest BCUT2D eigenvalue weighted by molar-refractivity contribution is 6.32. The molecule has 0 saturated carbocycles. The fourth-order valence-corrected chi connectivity index (χ4v) is 2.11. The number of halogens is 1. The normalized spacial score (nSPS) is 10.3. The van der Waals surface area contributed by atoms with Crippen molar-refractivity contribution in [1.29, 1.82) is 0 Å². The number of benzene rings is 1. The molecule has 2 aromatic rings. The zero-order valence-electron chi connectivity index (χ0n) is 12.0. The van der Waals surface area contributed by atoms with Crippen molar-refractivity contribution in [3.63, 3.8) is 0 Å². The van der Waals surface area contributed by atoms with E-state index in [1.165, 1.54) is 0 Å². The number of nitrogens with one attached hydrogen (secondary N) is 2. The second-order valence-electron chi connectivity index (χ2n) is 4.27. The third kappa shape index (κ3) is 3.28. The molecular weight excluding hydrogens is 294 g/mol. The minimum absolute atomic E-state index is 0.303. The molecule has 21 heavy (non-hydrogen) atoms. The molecule has 1 aromatic carbocycles. The van der Waals surface area contributed by atoms with Gasteiger partial charge in [0.2, 0.25) is 0 Å². The summed E-state index contributed by atoms with van der Waals surface area (Å²) in [6.07, 6.45) is 0. The molecule has 7 heteroatoms. The molecule has 6 nitrogen and oxygen atoms in total. The first kappa shape index (κ1) is 15.2. The number of H-pyrrole nitrogens is 1. The lowest BCUT2D eigenvalue weighted by Gasteiger charge is -2.08. The number of esters is 1. The van der Waals surface area contributed by atoms with E-state index in [1.807, 2.05) is 0 Å². The maximum absolute atomic E-state index is 11.9. The van der Waals surface area contributed by atoms with Crippen LogP contribution in [-0.4, -0.2) is 29.9 Å². The Morgan fingerprint density at radius 1 is 1.48 bits per heavy atom. The molecule has 0 saturated heterocycles. The molecule has 0 aliphatic carbocycles. The minimum Gasteiger partial charge on any atom is -0.495 e. The van der Waals surface area contributed by atoms with E-state index in [4.69, 9.17) is 21.1 Å². The minimum atomic E-state index is -0.425. The molecule has 0 fully saturated rings. The van der Waals surface area contributed by atoms with Crippen LogP contribution in [0, 0.1) is 6.92 Å². The summed E-state index contributed by atoms with van der Waals surface area (Å²) < 4.78 is 10.1. The van der Waals surface area contributed by atoms with Gasteiger partial charge < -0.3 is 14.8 Å². The first-order valence-electron chi connectivity index (χ1n) is 6.39. The molecule has 0 radical (unpaired) electrons. The van der Waals surface area contributed by atoms with Gasteiger partial charge in [0.05, 0.1) is 18.7 Å². The largest absolute Gasteiger partial charge is 0.495 e. The van der Waals surface area contributed by atoms with Gasteiger partial charge in [0.25, 0.3) is 0 Å². The number of carbonyl (C=O) groups excluding carboxylic acids is 1. The van der Waals surface area contributed by atoms with Gasteiger partial charge in [0.15, 0.2) is 5.82 Å². The lowest BCUT2D eigenvalue weighted by Crippen LogP contribution is -2.08. The SMILES string of the molecule is CCOC(=O)c1c(Nc2ccc(OC)c(Cl)c2)n[nH]c1C. The van der Waals surface area contributed by atoms with Gasteiger partial charge in [0.1, 0.15) is 11.3 Å². The van der Waals surface area contributed by atoms with Crippen LogP contribution in [0.2, 0.25) is 5.02 Å². The highest BCUT2D eigenvalue weighted by Gasteiger charge is 2.19. The predicted octanol–water partition coefficient (Wildman–Crippen LogP) is 3.30. The monoisotopic (exact) mass is 309 g/mol. The van der Waals surface area contributed by atoms with Gasteiger partial charge >= 0.3 is 5.97 Å². The van der Waals surface area contributed by atoms with E-state index < -0.39 is 5.97 Å². The molecule has 112 valence electrons. The smallest absolute Gasteiger partial charge is 0.343 e. The number of aromatic nitrogens is 2. The first-order chi connectivity index (χ1) is 10.1. The number of aromatic amines is 1. The third-order valence-electron chi connectivity index (χ3n) is 2.84. The van der Waals surface area contributed by atoms with Crippen molar-refractivity contribution in [2.45, 2.75) is 13.8 Å². The van der Waals surface area contributed by atoms with Crippen LogP contribution >= 0.6 is 11.6 Å². The molecule has 0 unspecified atom stereocenters. The Morgan fingerprint density at radius 2 is 2.24 bits per heavy atom. The topological polar surface area (TPSA) is 76.2 Å². The van der Waals surface area contributed by atoms with E-state index in [-0.39, 0.29) is 0 Å². The summed E-state index contributed by atoms with van der Waals surface area (Å²) in [6.45, 7) is 3.81. The Hall–Kier alpha value is -2.21. The van der Waals surface area contributed by atoms with Gasteiger partial charge in [-0.2, -0.15) is 5.10 Å². The molecule has 0 amide bonds. The second kappa shape index (κ2) is 6.49. The molecule has 0 spiro atoms. The van der Waals surface area contributed by atoms with Crippen molar-refractivity contribution in [2.24, 2.45) is 0 Å². The summed E-state index contributed by atoms with van der Waals surface area (Å²) in [6, 6.07) is 5.21. The van der Waals surface area contributed by atoms with Crippen LogP contribution in [-0.2, 0) is 4.74 Å². The molecule has 2 rings (SSSR count). The van der Waals surface area contributed by atoms with Crippen molar-refractivity contribution in [1.82, 2.24) is 10.2 Å². The van der Waals surface area contributed by atoms with Crippen molar-refractivity contribution >= 4 is 29.1 Å². The standard InChI is InChI=1S/C14H16ClN3O3/c1-4-21-14(19)12-8(2)17-18-13(12)16-9-5-6-11(20-3)10(15)7-9/h5-7H,4H2,1-3H3,(H2,16,17,18). The summed E-state index contributed by atoms with van der Waals surface area (Å²) in [4.78, 5) is 11.9. The summed E-state index contributed by atoms with van der Waals surface area (Å²) >= 11 is 6.07. The molecule has 2 N–H and O–H groups in total. The number of aryl methyl sites for hydroxylation is 1. The lowest BCUT2D eigenvalue weighted by atomic mass is 10.2. The third-order valence-corrected chi connectivity index (χ3v) is 3.14. The van der Waals surface area contributed by atoms with Crippen LogP contribution in [0.1, 0.15) is 23.0 Å². The van der Waals surface area contributed by atoms with E-state index in [9.17, 15) is 4.79 Å². The number of hydrogen-bond donors (Lipinski definition) is 2. The van der Waals surface area contributed by atoms with E-state index in [0.717, 1.165) is 0 Å². The Balaban J connectivity index is 2.28. The number of anilines is 2. The zero-order valence-corrected chi connectivity index (χ0v) is 12.7. The first-order valence-corrected chi connectivity index (χ1v) is 6.77. The van der Waals surface area contributed by atoms with E-state index in [1.54, 1.807) is 39.2 Å². The molecule has 0 aliphatic rings. The van der Waals surface area contributed by atoms with Gasteiger partial charge in [-0.1, -0.05) is 11.6 Å². The highest BCUT2D eigenvalue weighted by atomic mass is 35.5. The molecule has 0 atom stereocenters. The zero-order chi connectivity index (χ0) is 15.4. The van der Waals surface area contributed by atoms with Gasteiger partial charge in [-0.25, -0.2) is 4.79 Å². The van der Waals surface area contributed by atoms with Crippen LogP contribution in [0.25, 0.3) is 0 Å². The number of rotatable bonds is 5. The summed E-state index contributed by atoms with van der Waals surface area (Å²) in [7, 11) is 1.55. The molecule has 1 heterocycles. The van der Waals surface area contributed by atoms with Crippen LogP contribution in [0.5, 0.6) is 5.75 Å². The number of methoxy groups -OCH3 is 1. The van der Waals surface area contributed by atoms with Crippen LogP contribution in [0.4, 0.5) is 11.5 Å². The van der Waals surface area contributed by atoms with E-state index in [0.29, 0.717) is 40.1 Å². The Labute approximate surface area is 127 Å². The number of hydrogen-bond acceptors (Lipinski definition) is 5. The molecule has 1 aromatic heterocycles. The quantitative estimate of drug-likeness (QED) is 0.829. The van der Waals surface area contributed by atoms with E-state index in [2.05, 4.69) is 15.5 Å². The van der Waals surface area contributed by atoms with Crippen LogP contribution in [0.3, 0.4) is 0 Å². The fourth-order valence-electron chi connectivity index (χ4n) is 1.85. The van der Waals surface area contributed by atoms with Crippen LogP contribution < -0.4 is 10.1 Å². The summed E-state index contributed by atoms with van der Waals surface area (Å²) in [5.74, 6) is 0.545. The molecular formula is C14H16ClN3O3. The lowest BCUT2D eigenvalue weighted by molar-refractivity contribution is 0.0527. The summed E-state index contributed by atoms with van der Waals surface area (Å²) in [5, 5.41) is 10.3. The average Bonchev–Trinajstić information content (AvgIpc) is 2.80. The van der Waals surface area contributed by atoms with Gasteiger partial charge in [-0.15, -0.1) is 0 Å². The van der Waals surface area contributed by atoms with Crippen molar-refractivity contribution in [3.8, 4) is 5.75 Å². The number of ether oxygens (including phenoxy) is 2. The van der Waals surface area contributed by atoms with Crippen molar-refractivity contribution in [2.75, 3.05) is 19.0 Å². The second-order valence-corrected chi connectivity index (χ2v) is 4.67. The van der Waals surface area contributed by atoms with Crippen LogP contribution in [0.15, 0.2) is 18.2 Å². The predicted molar refractivity (Wildman–Crippen MR) is 80.6 cm³/mol. The van der Waals surface area contributed by atoms with Crippen molar-refractivity contribution < 1.29 is 14.3 Å². The Kier molecular flexibility index (Phi) is 4.70. The average molecular weight is 310 g/mol. The molecule has 0 bridgehead atoms. The maximum Gasteiger partial charge on any atom is 0.343 e. The summed E-state index contributed by atoms with van der Waals surface area (Å²) in [5.41, 5.74) is 1.71. The van der Waals surface area contributed by atoms with Gasteiger partial charge in [0, 0.05) is 11.4 Å². The number of nitrogens with zero attached hydrogens (tertiary/aromatic N) is 1. The maximum atomic E-state index is 11.9. The van der Waals surface area contributed by atoms with E-state index >= 15 is 0 Å². The van der Waals surface area contributed by atoms with Crippen molar-refractivity contribution in [3.05, 3.63) is 34.5 Å². The van der Waals surface area contributed by atoms with Gasteiger partial charge in [-0.05, 0) is 32.0 Å². The Bertz CT molecular complexity index is 655. The highest BCUT2D eigenvalue weighted by Crippen LogP contribution is 2.29.